The first-order valence-corrected chi connectivity index (χ1v) is 9.48. The number of hydrogen-bond acceptors (Lipinski definition) is 4. The van der Waals surface area contributed by atoms with Crippen LogP contribution < -0.4 is 4.74 Å². The van der Waals surface area contributed by atoms with Gasteiger partial charge >= 0.3 is 5.97 Å². The SMILES string of the molecule is CN(CCOc1ccccc1Sc1ccc(C(C)(C)C)cc1)CC(=O)O. The summed E-state index contributed by atoms with van der Waals surface area (Å²) in [6.45, 7) is 7.65. The molecule has 0 fully saturated rings. The molecule has 0 saturated carbocycles. The first-order chi connectivity index (χ1) is 12.3. The van der Waals surface area contributed by atoms with Crippen LogP contribution in [0, 0.1) is 0 Å². The van der Waals surface area contributed by atoms with E-state index in [1.165, 1.54) is 5.56 Å². The third-order valence-corrected chi connectivity index (χ3v) is 5.00. The summed E-state index contributed by atoms with van der Waals surface area (Å²) in [6, 6.07) is 16.6. The fourth-order valence-electron chi connectivity index (χ4n) is 2.43. The van der Waals surface area contributed by atoms with E-state index in [0.717, 1.165) is 15.5 Å². The van der Waals surface area contributed by atoms with Crippen LogP contribution in [0.3, 0.4) is 0 Å². The molecule has 0 aromatic heterocycles. The molecule has 0 radical (unpaired) electrons. The summed E-state index contributed by atoms with van der Waals surface area (Å²) < 4.78 is 5.88. The number of rotatable bonds is 8. The number of carboxylic acids is 1. The van der Waals surface area contributed by atoms with Crippen molar-refractivity contribution in [3.05, 3.63) is 54.1 Å². The number of ether oxygens (including phenoxy) is 1. The van der Waals surface area contributed by atoms with Gasteiger partial charge < -0.3 is 9.84 Å². The van der Waals surface area contributed by atoms with Crippen molar-refractivity contribution < 1.29 is 14.6 Å². The van der Waals surface area contributed by atoms with Gasteiger partial charge in [-0.2, -0.15) is 0 Å². The van der Waals surface area contributed by atoms with Crippen molar-refractivity contribution in [2.75, 3.05) is 26.7 Å². The molecule has 0 saturated heterocycles. The molecule has 0 spiro atoms. The van der Waals surface area contributed by atoms with E-state index in [4.69, 9.17) is 9.84 Å². The predicted octanol–water partition coefficient (Wildman–Crippen LogP) is 4.53. The van der Waals surface area contributed by atoms with Gasteiger partial charge in [0.05, 0.1) is 11.4 Å². The Kier molecular flexibility index (Phi) is 7.12. The molecule has 0 atom stereocenters. The molecule has 2 rings (SSSR count). The van der Waals surface area contributed by atoms with E-state index < -0.39 is 5.97 Å². The second-order valence-corrected chi connectivity index (χ2v) is 8.42. The van der Waals surface area contributed by atoms with Gasteiger partial charge in [-0.3, -0.25) is 9.69 Å². The summed E-state index contributed by atoms with van der Waals surface area (Å²) in [6.07, 6.45) is 0. The van der Waals surface area contributed by atoms with Gasteiger partial charge in [-0.05, 0) is 42.3 Å². The standard InChI is InChI=1S/C21H27NO3S/c1-21(2,3)16-9-11-17(12-10-16)26-19-8-6-5-7-18(19)25-14-13-22(4)15-20(23)24/h5-12H,13-15H2,1-4H3,(H,23,24). The average molecular weight is 374 g/mol. The number of carboxylic acid groups (broad SMARTS) is 1. The first kappa shape index (κ1) is 20.3. The Bertz CT molecular complexity index is 723. The van der Waals surface area contributed by atoms with E-state index >= 15 is 0 Å². The zero-order chi connectivity index (χ0) is 19.2. The molecule has 0 aliphatic carbocycles. The van der Waals surface area contributed by atoms with Crippen LogP contribution in [0.2, 0.25) is 0 Å². The molecule has 4 nitrogen and oxygen atoms in total. The first-order valence-electron chi connectivity index (χ1n) is 8.66. The maximum absolute atomic E-state index is 10.7. The summed E-state index contributed by atoms with van der Waals surface area (Å²) in [5, 5.41) is 8.79. The van der Waals surface area contributed by atoms with E-state index in [2.05, 4.69) is 45.0 Å². The molecule has 0 amide bonds. The largest absolute Gasteiger partial charge is 0.491 e. The third kappa shape index (κ3) is 6.39. The lowest BCUT2D eigenvalue weighted by Crippen LogP contribution is -2.29. The summed E-state index contributed by atoms with van der Waals surface area (Å²) in [5.74, 6) is -0.0108. The van der Waals surface area contributed by atoms with Gasteiger partial charge in [-0.1, -0.05) is 56.8 Å². The zero-order valence-electron chi connectivity index (χ0n) is 15.9. The Morgan fingerprint density at radius 2 is 1.77 bits per heavy atom. The van der Waals surface area contributed by atoms with Gasteiger partial charge in [0.25, 0.3) is 0 Å². The van der Waals surface area contributed by atoms with Crippen molar-refractivity contribution in [2.24, 2.45) is 0 Å². The van der Waals surface area contributed by atoms with Crippen LogP contribution in [0.1, 0.15) is 26.3 Å². The van der Waals surface area contributed by atoms with Crippen molar-refractivity contribution in [2.45, 2.75) is 36.0 Å². The van der Waals surface area contributed by atoms with Crippen molar-refractivity contribution in [1.29, 1.82) is 0 Å². The van der Waals surface area contributed by atoms with Crippen molar-refractivity contribution in [3.63, 3.8) is 0 Å². The fraction of sp³-hybridized carbons (Fsp3) is 0.381. The minimum absolute atomic E-state index is 0.0138. The summed E-state index contributed by atoms with van der Waals surface area (Å²) in [4.78, 5) is 14.6. The Morgan fingerprint density at radius 3 is 2.38 bits per heavy atom. The molecule has 2 aromatic carbocycles. The zero-order valence-corrected chi connectivity index (χ0v) is 16.7. The van der Waals surface area contributed by atoms with Gasteiger partial charge in [-0.15, -0.1) is 0 Å². The van der Waals surface area contributed by atoms with Crippen molar-refractivity contribution >= 4 is 17.7 Å². The maximum Gasteiger partial charge on any atom is 0.317 e. The average Bonchev–Trinajstić information content (AvgIpc) is 2.55. The molecule has 140 valence electrons. The highest BCUT2D eigenvalue weighted by Gasteiger charge is 2.13. The Balaban J connectivity index is 1.99. The van der Waals surface area contributed by atoms with E-state index in [1.54, 1.807) is 23.7 Å². The monoisotopic (exact) mass is 373 g/mol. The molecule has 0 heterocycles. The fourth-order valence-corrected chi connectivity index (χ4v) is 3.33. The van der Waals surface area contributed by atoms with Gasteiger partial charge in [0.2, 0.25) is 0 Å². The van der Waals surface area contributed by atoms with Gasteiger partial charge in [0.1, 0.15) is 12.4 Å². The molecule has 5 heteroatoms. The van der Waals surface area contributed by atoms with Gasteiger partial charge in [0.15, 0.2) is 0 Å². The molecule has 0 unspecified atom stereocenters. The molecule has 0 aliphatic heterocycles. The Hall–Kier alpha value is -1.98. The van der Waals surface area contributed by atoms with Crippen LogP contribution in [0.4, 0.5) is 0 Å². The second kappa shape index (κ2) is 9.10. The summed E-state index contributed by atoms with van der Waals surface area (Å²) in [5.41, 5.74) is 1.46. The van der Waals surface area contributed by atoms with E-state index in [9.17, 15) is 4.79 Å². The maximum atomic E-state index is 10.7. The quantitative estimate of drug-likeness (QED) is 0.737. The molecule has 2 aromatic rings. The van der Waals surface area contributed by atoms with Crippen LogP contribution >= 0.6 is 11.8 Å². The van der Waals surface area contributed by atoms with Crippen molar-refractivity contribution in [1.82, 2.24) is 4.90 Å². The molecular weight excluding hydrogens is 346 g/mol. The third-order valence-electron chi connectivity index (χ3n) is 3.93. The van der Waals surface area contributed by atoms with E-state index in [-0.39, 0.29) is 12.0 Å². The normalized spacial score (nSPS) is 11.6. The molecule has 26 heavy (non-hydrogen) atoms. The number of nitrogens with zero attached hydrogens (tertiary/aromatic N) is 1. The van der Waals surface area contributed by atoms with Crippen LogP contribution in [0.25, 0.3) is 0 Å². The lowest BCUT2D eigenvalue weighted by Gasteiger charge is -2.19. The number of aliphatic carboxylic acids is 1. The number of likely N-dealkylation sites (N-methyl/N-ethyl adjacent to an activating group) is 1. The number of para-hydroxylation sites is 1. The highest BCUT2D eigenvalue weighted by atomic mass is 32.2. The Labute approximate surface area is 160 Å². The predicted molar refractivity (Wildman–Crippen MR) is 106 cm³/mol. The van der Waals surface area contributed by atoms with Crippen LogP contribution in [0.5, 0.6) is 5.75 Å². The van der Waals surface area contributed by atoms with Gasteiger partial charge in [-0.25, -0.2) is 0 Å². The molecular formula is C21H27NO3S. The minimum atomic E-state index is -0.831. The van der Waals surface area contributed by atoms with Crippen LogP contribution in [0.15, 0.2) is 58.3 Å². The van der Waals surface area contributed by atoms with Crippen LogP contribution in [-0.2, 0) is 10.2 Å². The highest BCUT2D eigenvalue weighted by molar-refractivity contribution is 7.99. The number of hydrogen-bond donors (Lipinski definition) is 1. The van der Waals surface area contributed by atoms with E-state index in [1.807, 2.05) is 24.3 Å². The minimum Gasteiger partial charge on any atom is -0.491 e. The Morgan fingerprint density at radius 1 is 1.12 bits per heavy atom. The highest BCUT2D eigenvalue weighted by Crippen LogP contribution is 2.35. The summed E-state index contributed by atoms with van der Waals surface area (Å²) in [7, 11) is 1.77. The molecule has 0 aliphatic rings. The number of benzene rings is 2. The van der Waals surface area contributed by atoms with E-state index in [0.29, 0.717) is 13.2 Å². The van der Waals surface area contributed by atoms with Gasteiger partial charge in [0, 0.05) is 11.4 Å². The number of carbonyl (C=O) groups is 1. The smallest absolute Gasteiger partial charge is 0.317 e. The van der Waals surface area contributed by atoms with Crippen LogP contribution in [-0.4, -0.2) is 42.7 Å². The lowest BCUT2D eigenvalue weighted by molar-refractivity contribution is -0.138. The second-order valence-electron chi connectivity index (χ2n) is 7.30. The van der Waals surface area contributed by atoms with Crippen molar-refractivity contribution in [3.8, 4) is 5.75 Å². The molecule has 1 N–H and O–H groups in total. The molecule has 0 bridgehead atoms. The summed E-state index contributed by atoms with van der Waals surface area (Å²) >= 11 is 1.67. The topological polar surface area (TPSA) is 49.8 Å². The lowest BCUT2D eigenvalue weighted by atomic mass is 9.87.